The van der Waals surface area contributed by atoms with Crippen molar-refractivity contribution in [3.63, 3.8) is 0 Å². The normalized spacial score (nSPS) is 14.8. The van der Waals surface area contributed by atoms with Crippen LogP contribution in [0.1, 0.15) is 20.3 Å². The van der Waals surface area contributed by atoms with Crippen LogP contribution in [-0.4, -0.2) is 44.2 Å². The van der Waals surface area contributed by atoms with Gasteiger partial charge in [-0.1, -0.05) is 12.1 Å². The number of carbonyl (C=O) groups excluding carboxylic acids is 2. The summed E-state index contributed by atoms with van der Waals surface area (Å²) >= 11 is 0. The summed E-state index contributed by atoms with van der Waals surface area (Å²) in [4.78, 5) is 25.8. The molecule has 2 amide bonds. The van der Waals surface area contributed by atoms with Crippen molar-refractivity contribution >= 4 is 23.2 Å². The van der Waals surface area contributed by atoms with Gasteiger partial charge in [-0.3, -0.25) is 9.59 Å². The van der Waals surface area contributed by atoms with E-state index < -0.39 is 0 Å². The summed E-state index contributed by atoms with van der Waals surface area (Å²) in [6.07, 6.45) is -0.171. The summed E-state index contributed by atoms with van der Waals surface area (Å²) in [5.74, 6) is -0.574. The van der Waals surface area contributed by atoms with Crippen LogP contribution in [0.4, 0.5) is 11.4 Å². The molecule has 1 saturated heterocycles. The van der Waals surface area contributed by atoms with Gasteiger partial charge in [0.25, 0.3) is 0 Å². The number of ether oxygens (including phenoxy) is 1. The van der Waals surface area contributed by atoms with Crippen molar-refractivity contribution in [3.8, 4) is 0 Å². The average Bonchev–Trinajstić information content (AvgIpc) is 2.47. The van der Waals surface area contributed by atoms with Crippen LogP contribution in [0, 0.1) is 0 Å². The van der Waals surface area contributed by atoms with Crippen molar-refractivity contribution in [1.29, 1.82) is 0 Å². The lowest BCUT2D eigenvalue weighted by molar-refractivity contribution is -0.127. The zero-order valence-electron chi connectivity index (χ0n) is 13.1. The summed E-state index contributed by atoms with van der Waals surface area (Å²) < 4.78 is 5.35. The number of amides is 2. The lowest BCUT2D eigenvalue weighted by Gasteiger charge is -2.30. The Morgan fingerprint density at radius 1 is 1.18 bits per heavy atom. The largest absolute Gasteiger partial charge is 0.378 e. The lowest BCUT2D eigenvalue weighted by Crippen LogP contribution is -2.37. The van der Waals surface area contributed by atoms with Crippen molar-refractivity contribution in [3.05, 3.63) is 24.3 Å². The van der Waals surface area contributed by atoms with E-state index in [1.807, 2.05) is 38.1 Å². The second-order valence-electron chi connectivity index (χ2n) is 5.56. The van der Waals surface area contributed by atoms with E-state index in [4.69, 9.17) is 4.74 Å². The molecule has 0 bridgehead atoms. The van der Waals surface area contributed by atoms with Gasteiger partial charge in [0.1, 0.15) is 6.42 Å². The van der Waals surface area contributed by atoms with Gasteiger partial charge in [0.2, 0.25) is 11.8 Å². The van der Waals surface area contributed by atoms with E-state index in [1.165, 1.54) is 0 Å². The van der Waals surface area contributed by atoms with Crippen LogP contribution in [0.25, 0.3) is 0 Å². The Bertz CT molecular complexity index is 525. The number of carbonyl (C=O) groups is 2. The fourth-order valence-corrected chi connectivity index (χ4v) is 2.37. The Labute approximate surface area is 130 Å². The number of nitrogens with zero attached hydrogens (tertiary/aromatic N) is 1. The molecule has 0 spiro atoms. The molecule has 0 unspecified atom stereocenters. The first-order valence-corrected chi connectivity index (χ1v) is 7.57. The number of rotatable bonds is 5. The third kappa shape index (κ3) is 4.73. The van der Waals surface area contributed by atoms with Crippen LogP contribution in [0.5, 0.6) is 0 Å². The van der Waals surface area contributed by atoms with Crippen LogP contribution in [0.2, 0.25) is 0 Å². The molecule has 120 valence electrons. The van der Waals surface area contributed by atoms with Gasteiger partial charge < -0.3 is 20.3 Å². The molecule has 2 rings (SSSR count). The molecule has 1 fully saturated rings. The van der Waals surface area contributed by atoms with Crippen LogP contribution in [-0.2, 0) is 14.3 Å². The molecule has 22 heavy (non-hydrogen) atoms. The highest BCUT2D eigenvalue weighted by atomic mass is 16.5. The Morgan fingerprint density at radius 2 is 1.86 bits per heavy atom. The van der Waals surface area contributed by atoms with Crippen molar-refractivity contribution < 1.29 is 14.3 Å². The van der Waals surface area contributed by atoms with Gasteiger partial charge in [-0.2, -0.15) is 0 Å². The fraction of sp³-hybridized carbons (Fsp3) is 0.500. The Hall–Kier alpha value is -2.08. The first kappa shape index (κ1) is 16.3. The SMILES string of the molecule is CC(C)NC(=O)CC(=O)Nc1ccccc1N1CCOCC1. The summed E-state index contributed by atoms with van der Waals surface area (Å²) in [7, 11) is 0. The number of morpholine rings is 1. The van der Waals surface area contributed by atoms with E-state index in [0.717, 1.165) is 24.5 Å². The molecule has 0 atom stereocenters. The topological polar surface area (TPSA) is 70.7 Å². The molecule has 1 aliphatic rings. The number of benzene rings is 1. The van der Waals surface area contributed by atoms with E-state index in [0.29, 0.717) is 13.2 Å². The minimum atomic E-state index is -0.307. The molecule has 0 saturated carbocycles. The van der Waals surface area contributed by atoms with Crippen LogP contribution in [0.15, 0.2) is 24.3 Å². The number of hydrogen-bond acceptors (Lipinski definition) is 4. The van der Waals surface area contributed by atoms with E-state index in [9.17, 15) is 9.59 Å². The second kappa shape index (κ2) is 7.79. The van der Waals surface area contributed by atoms with Gasteiger partial charge in [0.05, 0.1) is 24.6 Å². The van der Waals surface area contributed by atoms with Gasteiger partial charge in [-0.05, 0) is 26.0 Å². The van der Waals surface area contributed by atoms with Crippen molar-refractivity contribution in [1.82, 2.24) is 5.32 Å². The standard InChI is InChI=1S/C16H23N3O3/c1-12(2)17-15(20)11-16(21)18-13-5-3-4-6-14(13)19-7-9-22-10-8-19/h3-6,12H,7-11H2,1-2H3,(H,17,20)(H,18,21). The van der Waals surface area contributed by atoms with Gasteiger partial charge in [0.15, 0.2) is 0 Å². The highest BCUT2D eigenvalue weighted by molar-refractivity contribution is 6.05. The Morgan fingerprint density at radius 3 is 2.55 bits per heavy atom. The third-order valence-corrected chi connectivity index (χ3v) is 3.30. The van der Waals surface area contributed by atoms with Gasteiger partial charge >= 0.3 is 0 Å². The quantitative estimate of drug-likeness (QED) is 0.806. The maximum absolute atomic E-state index is 12.0. The third-order valence-electron chi connectivity index (χ3n) is 3.30. The maximum atomic E-state index is 12.0. The second-order valence-corrected chi connectivity index (χ2v) is 5.56. The number of nitrogens with one attached hydrogen (secondary N) is 2. The molecule has 1 heterocycles. The first-order valence-electron chi connectivity index (χ1n) is 7.57. The van der Waals surface area contributed by atoms with E-state index in [2.05, 4.69) is 15.5 Å². The predicted molar refractivity (Wildman–Crippen MR) is 86.0 cm³/mol. The number of hydrogen-bond donors (Lipinski definition) is 2. The van der Waals surface area contributed by atoms with Crippen LogP contribution in [0.3, 0.4) is 0 Å². The van der Waals surface area contributed by atoms with Gasteiger partial charge in [-0.15, -0.1) is 0 Å². The molecule has 1 aromatic rings. The molecule has 6 heteroatoms. The highest BCUT2D eigenvalue weighted by Crippen LogP contribution is 2.26. The monoisotopic (exact) mass is 305 g/mol. The lowest BCUT2D eigenvalue weighted by atomic mass is 10.2. The average molecular weight is 305 g/mol. The smallest absolute Gasteiger partial charge is 0.233 e. The predicted octanol–water partition coefficient (Wildman–Crippen LogP) is 1.38. The zero-order chi connectivity index (χ0) is 15.9. The van der Waals surface area contributed by atoms with E-state index in [-0.39, 0.29) is 24.3 Å². The molecule has 0 aromatic heterocycles. The van der Waals surface area contributed by atoms with Crippen LogP contribution >= 0.6 is 0 Å². The van der Waals surface area contributed by atoms with Crippen molar-refractivity contribution in [2.24, 2.45) is 0 Å². The summed E-state index contributed by atoms with van der Waals surface area (Å²) in [6.45, 7) is 6.67. The minimum absolute atomic E-state index is 0.0286. The van der Waals surface area contributed by atoms with Crippen molar-refractivity contribution in [2.45, 2.75) is 26.3 Å². The number of para-hydroxylation sites is 2. The van der Waals surface area contributed by atoms with Crippen molar-refractivity contribution in [2.75, 3.05) is 36.5 Å². The summed E-state index contributed by atoms with van der Waals surface area (Å²) in [6, 6.07) is 7.65. The Kier molecular flexibility index (Phi) is 5.77. The number of anilines is 2. The maximum Gasteiger partial charge on any atom is 0.233 e. The van der Waals surface area contributed by atoms with Gasteiger partial charge in [-0.25, -0.2) is 0 Å². The summed E-state index contributed by atoms with van der Waals surface area (Å²) in [5.41, 5.74) is 1.69. The van der Waals surface area contributed by atoms with E-state index >= 15 is 0 Å². The molecule has 1 aromatic carbocycles. The highest BCUT2D eigenvalue weighted by Gasteiger charge is 2.17. The molecule has 1 aliphatic heterocycles. The zero-order valence-corrected chi connectivity index (χ0v) is 13.1. The van der Waals surface area contributed by atoms with Crippen LogP contribution < -0.4 is 15.5 Å². The molecular weight excluding hydrogens is 282 g/mol. The van der Waals surface area contributed by atoms with Gasteiger partial charge in [0, 0.05) is 19.1 Å². The molecule has 0 radical (unpaired) electrons. The first-order chi connectivity index (χ1) is 10.6. The van der Waals surface area contributed by atoms with E-state index in [1.54, 1.807) is 0 Å². The molecule has 6 nitrogen and oxygen atoms in total. The summed E-state index contributed by atoms with van der Waals surface area (Å²) in [5, 5.41) is 5.54. The molecule has 2 N–H and O–H groups in total. The Balaban J connectivity index is 2.00. The minimum Gasteiger partial charge on any atom is -0.378 e. The molecular formula is C16H23N3O3. The molecule has 0 aliphatic carbocycles. The fourth-order valence-electron chi connectivity index (χ4n) is 2.37.